The van der Waals surface area contributed by atoms with Gasteiger partial charge in [-0.05, 0) is 35.7 Å². The van der Waals surface area contributed by atoms with Crippen molar-refractivity contribution < 1.29 is 15.3 Å². The second kappa shape index (κ2) is 8.40. The van der Waals surface area contributed by atoms with Crippen molar-refractivity contribution in [3.8, 4) is 0 Å². The van der Waals surface area contributed by atoms with Gasteiger partial charge in [-0.2, -0.15) is 0 Å². The Balaban J connectivity index is 1.96. The molecule has 0 spiro atoms. The lowest BCUT2D eigenvalue weighted by Crippen LogP contribution is -2.32. The summed E-state index contributed by atoms with van der Waals surface area (Å²) in [5.74, 6) is 0.534. The van der Waals surface area contributed by atoms with Crippen LogP contribution in [-0.4, -0.2) is 31.5 Å². The first-order chi connectivity index (χ1) is 14.6. The van der Waals surface area contributed by atoms with Crippen LogP contribution >= 0.6 is 0 Å². The molecule has 0 radical (unpaired) electrons. The first-order valence-corrected chi connectivity index (χ1v) is 10.2. The summed E-state index contributed by atoms with van der Waals surface area (Å²) in [6.07, 6.45) is -0.471. The Bertz CT molecular complexity index is 1080. The van der Waals surface area contributed by atoms with Crippen molar-refractivity contribution in [2.24, 2.45) is 0 Å². The molecule has 1 unspecified atom stereocenters. The third-order valence-corrected chi connectivity index (χ3v) is 5.58. The van der Waals surface area contributed by atoms with Crippen LogP contribution in [0, 0.1) is 0 Å². The van der Waals surface area contributed by atoms with Crippen molar-refractivity contribution in [1.29, 1.82) is 0 Å². The molecule has 5 heteroatoms. The van der Waals surface area contributed by atoms with Crippen molar-refractivity contribution in [2.75, 3.05) is 6.61 Å². The first kappa shape index (κ1) is 20.3. The zero-order valence-electron chi connectivity index (χ0n) is 16.9. The molecule has 0 bridgehead atoms. The Morgan fingerprint density at radius 3 is 2.07 bits per heavy atom. The molecule has 0 saturated heterocycles. The van der Waals surface area contributed by atoms with Crippen LogP contribution in [0.5, 0.6) is 0 Å². The minimum atomic E-state index is -1.43. The van der Waals surface area contributed by atoms with E-state index < -0.39 is 11.7 Å². The van der Waals surface area contributed by atoms with Gasteiger partial charge >= 0.3 is 0 Å². The van der Waals surface area contributed by atoms with Crippen molar-refractivity contribution >= 4 is 11.0 Å². The fourth-order valence-electron chi connectivity index (χ4n) is 4.02. The molecule has 154 valence electrons. The standard InChI is InChI=1S/C25H26N2O3/c1-2-27-22-17-18(23(29)15-16-28)13-14-21(22)26-24(27)25(30,19-9-5-3-6-10-19)20-11-7-4-8-12-20/h3-14,17,23,28-30H,2,15-16H2,1H3. The largest absolute Gasteiger partial charge is 0.396 e. The number of aromatic nitrogens is 2. The van der Waals surface area contributed by atoms with Crippen LogP contribution in [0.3, 0.4) is 0 Å². The van der Waals surface area contributed by atoms with E-state index in [4.69, 9.17) is 10.1 Å². The van der Waals surface area contributed by atoms with E-state index in [0.29, 0.717) is 12.4 Å². The molecule has 0 fully saturated rings. The minimum absolute atomic E-state index is 0.0841. The second-order valence-corrected chi connectivity index (χ2v) is 7.40. The highest BCUT2D eigenvalue weighted by Gasteiger charge is 2.38. The second-order valence-electron chi connectivity index (χ2n) is 7.40. The van der Waals surface area contributed by atoms with Crippen LogP contribution in [0.4, 0.5) is 0 Å². The molecular weight excluding hydrogens is 376 g/mol. The molecule has 4 aromatic rings. The number of rotatable bonds is 7. The maximum atomic E-state index is 12.1. The fraction of sp³-hybridized carbons (Fsp3) is 0.240. The molecule has 0 saturated carbocycles. The summed E-state index contributed by atoms with van der Waals surface area (Å²) < 4.78 is 1.99. The average molecular weight is 402 g/mol. The molecule has 3 aromatic carbocycles. The quantitative estimate of drug-likeness (QED) is 0.440. The van der Waals surface area contributed by atoms with Gasteiger partial charge in [-0.25, -0.2) is 4.98 Å². The fourth-order valence-corrected chi connectivity index (χ4v) is 4.02. The molecule has 30 heavy (non-hydrogen) atoms. The SMILES string of the molecule is CCn1c(C(O)(c2ccccc2)c2ccccc2)nc2ccc(C(O)CCO)cc21. The van der Waals surface area contributed by atoms with Crippen molar-refractivity contribution in [2.45, 2.75) is 31.6 Å². The van der Waals surface area contributed by atoms with E-state index in [1.807, 2.05) is 90.4 Å². The van der Waals surface area contributed by atoms with E-state index in [-0.39, 0.29) is 13.0 Å². The number of hydrogen-bond donors (Lipinski definition) is 3. The number of hydrogen-bond acceptors (Lipinski definition) is 4. The van der Waals surface area contributed by atoms with Crippen molar-refractivity contribution in [3.05, 3.63) is 101 Å². The van der Waals surface area contributed by atoms with E-state index in [0.717, 1.165) is 27.7 Å². The summed E-state index contributed by atoms with van der Waals surface area (Å²) >= 11 is 0. The molecule has 1 heterocycles. The van der Waals surface area contributed by atoms with Crippen molar-refractivity contribution in [3.63, 3.8) is 0 Å². The molecule has 0 aliphatic rings. The van der Waals surface area contributed by atoms with E-state index in [9.17, 15) is 10.2 Å². The summed E-state index contributed by atoms with van der Waals surface area (Å²) in [4.78, 5) is 4.84. The van der Waals surface area contributed by atoms with E-state index in [1.54, 1.807) is 0 Å². The van der Waals surface area contributed by atoms with Crippen LogP contribution < -0.4 is 0 Å². The lowest BCUT2D eigenvalue weighted by Gasteiger charge is -2.29. The Kier molecular flexibility index (Phi) is 5.68. The number of aryl methyl sites for hydroxylation is 1. The molecular formula is C25H26N2O3. The molecule has 0 amide bonds. The molecule has 1 aromatic heterocycles. The Morgan fingerprint density at radius 2 is 1.53 bits per heavy atom. The lowest BCUT2D eigenvalue weighted by atomic mass is 9.85. The number of imidazole rings is 1. The van der Waals surface area contributed by atoms with Crippen LogP contribution in [0.1, 0.15) is 42.0 Å². The third-order valence-electron chi connectivity index (χ3n) is 5.58. The highest BCUT2D eigenvalue weighted by molar-refractivity contribution is 5.78. The van der Waals surface area contributed by atoms with Crippen LogP contribution in [-0.2, 0) is 12.1 Å². The van der Waals surface area contributed by atoms with Gasteiger partial charge in [0.25, 0.3) is 0 Å². The Hall–Kier alpha value is -2.99. The van der Waals surface area contributed by atoms with Gasteiger partial charge in [0.15, 0.2) is 11.4 Å². The summed E-state index contributed by atoms with van der Waals surface area (Å²) in [5.41, 5.74) is 2.36. The molecule has 4 rings (SSSR count). The van der Waals surface area contributed by atoms with Crippen molar-refractivity contribution in [1.82, 2.24) is 9.55 Å². The maximum Gasteiger partial charge on any atom is 0.173 e. The molecule has 0 aliphatic carbocycles. The smallest absolute Gasteiger partial charge is 0.173 e. The van der Waals surface area contributed by atoms with Crippen LogP contribution in [0.2, 0.25) is 0 Å². The van der Waals surface area contributed by atoms with Gasteiger partial charge in [0.1, 0.15) is 0 Å². The number of fused-ring (bicyclic) bond motifs is 1. The van der Waals surface area contributed by atoms with Gasteiger partial charge in [-0.3, -0.25) is 0 Å². The zero-order chi connectivity index (χ0) is 21.1. The highest BCUT2D eigenvalue weighted by Crippen LogP contribution is 2.38. The number of nitrogens with zero attached hydrogens (tertiary/aromatic N) is 2. The molecule has 3 N–H and O–H groups in total. The summed E-state index contributed by atoms with van der Waals surface area (Å²) in [7, 11) is 0. The Morgan fingerprint density at radius 1 is 0.933 bits per heavy atom. The predicted octanol–water partition coefficient (Wildman–Crippen LogP) is 3.76. The van der Waals surface area contributed by atoms with Gasteiger partial charge in [-0.15, -0.1) is 0 Å². The maximum absolute atomic E-state index is 12.1. The van der Waals surface area contributed by atoms with Gasteiger partial charge < -0.3 is 19.9 Å². The average Bonchev–Trinajstić information content (AvgIpc) is 3.18. The van der Waals surface area contributed by atoms with E-state index >= 15 is 0 Å². The number of aliphatic hydroxyl groups excluding tert-OH is 2. The first-order valence-electron chi connectivity index (χ1n) is 10.2. The molecule has 0 aliphatic heterocycles. The number of aliphatic hydroxyl groups is 3. The third kappa shape index (κ3) is 3.41. The minimum Gasteiger partial charge on any atom is -0.396 e. The lowest BCUT2D eigenvalue weighted by molar-refractivity contribution is 0.112. The molecule has 1 atom stereocenters. The van der Waals surface area contributed by atoms with Gasteiger partial charge in [0, 0.05) is 19.6 Å². The topological polar surface area (TPSA) is 78.5 Å². The summed E-state index contributed by atoms with van der Waals surface area (Å²) in [6.45, 7) is 2.53. The predicted molar refractivity (Wildman–Crippen MR) is 117 cm³/mol. The van der Waals surface area contributed by atoms with Gasteiger partial charge in [-0.1, -0.05) is 66.7 Å². The van der Waals surface area contributed by atoms with E-state index in [1.165, 1.54) is 0 Å². The van der Waals surface area contributed by atoms with Crippen LogP contribution in [0.25, 0.3) is 11.0 Å². The monoisotopic (exact) mass is 402 g/mol. The number of benzene rings is 3. The summed E-state index contributed by atoms with van der Waals surface area (Å²) in [6, 6.07) is 24.7. The van der Waals surface area contributed by atoms with Crippen LogP contribution in [0.15, 0.2) is 78.9 Å². The highest BCUT2D eigenvalue weighted by atomic mass is 16.3. The van der Waals surface area contributed by atoms with E-state index in [2.05, 4.69) is 0 Å². The molecule has 5 nitrogen and oxygen atoms in total. The van der Waals surface area contributed by atoms with Gasteiger partial charge in [0.2, 0.25) is 0 Å². The normalized spacial score (nSPS) is 12.9. The zero-order valence-corrected chi connectivity index (χ0v) is 16.9. The summed E-state index contributed by atoms with van der Waals surface area (Å²) in [5, 5.41) is 31.6. The Labute approximate surface area is 175 Å². The van der Waals surface area contributed by atoms with Gasteiger partial charge in [0.05, 0.1) is 17.1 Å².